The first-order valence-corrected chi connectivity index (χ1v) is 6.98. The van der Waals surface area contributed by atoms with Crippen molar-refractivity contribution in [3.63, 3.8) is 0 Å². The van der Waals surface area contributed by atoms with Gasteiger partial charge in [-0.25, -0.2) is 14.5 Å². The Kier molecular flexibility index (Phi) is 4.16. The summed E-state index contributed by atoms with van der Waals surface area (Å²) in [5, 5.41) is 4.29. The molecule has 0 saturated heterocycles. The number of pyridine rings is 1. The van der Waals surface area contributed by atoms with Gasteiger partial charge in [0.2, 0.25) is 0 Å². The first-order valence-electron chi connectivity index (χ1n) is 6.60. The SMILES string of the molecule is O=C(OCc1ccc(-n2cccn2)cc1)c1cccnc1Cl. The van der Waals surface area contributed by atoms with E-state index < -0.39 is 5.97 Å². The summed E-state index contributed by atoms with van der Waals surface area (Å²) in [6, 6.07) is 12.7. The fourth-order valence-electron chi connectivity index (χ4n) is 1.93. The predicted molar refractivity (Wildman–Crippen MR) is 81.9 cm³/mol. The summed E-state index contributed by atoms with van der Waals surface area (Å²) >= 11 is 5.86. The zero-order valence-corrected chi connectivity index (χ0v) is 12.3. The second kappa shape index (κ2) is 6.41. The number of carbonyl (C=O) groups excluding carboxylic acids is 1. The van der Waals surface area contributed by atoms with Crippen LogP contribution in [-0.2, 0) is 11.3 Å². The van der Waals surface area contributed by atoms with Gasteiger partial charge in [-0.1, -0.05) is 23.7 Å². The molecule has 1 aromatic carbocycles. The minimum absolute atomic E-state index is 0.140. The fraction of sp³-hybridized carbons (Fsp3) is 0.0625. The van der Waals surface area contributed by atoms with Gasteiger partial charge in [-0.3, -0.25) is 0 Å². The molecule has 5 nitrogen and oxygen atoms in total. The molecule has 0 aliphatic carbocycles. The van der Waals surface area contributed by atoms with Gasteiger partial charge in [0.15, 0.2) is 0 Å². The van der Waals surface area contributed by atoms with E-state index in [0.29, 0.717) is 0 Å². The third-order valence-electron chi connectivity index (χ3n) is 3.05. The molecule has 0 aliphatic heterocycles. The normalized spacial score (nSPS) is 10.4. The zero-order chi connectivity index (χ0) is 15.4. The number of esters is 1. The van der Waals surface area contributed by atoms with Crippen LogP contribution < -0.4 is 0 Å². The molecular weight excluding hydrogens is 302 g/mol. The van der Waals surface area contributed by atoms with Crippen LogP contribution in [0.25, 0.3) is 5.69 Å². The van der Waals surface area contributed by atoms with Gasteiger partial charge in [0, 0.05) is 18.6 Å². The lowest BCUT2D eigenvalue weighted by atomic mass is 10.2. The molecule has 0 aliphatic rings. The van der Waals surface area contributed by atoms with Crippen LogP contribution in [-0.4, -0.2) is 20.7 Å². The van der Waals surface area contributed by atoms with Gasteiger partial charge >= 0.3 is 5.97 Å². The maximum Gasteiger partial charge on any atom is 0.341 e. The number of hydrogen-bond acceptors (Lipinski definition) is 4. The molecule has 2 heterocycles. The Bertz CT molecular complexity index is 770. The summed E-state index contributed by atoms with van der Waals surface area (Å²) in [5.41, 5.74) is 2.08. The number of aromatic nitrogens is 3. The Hall–Kier alpha value is -2.66. The van der Waals surface area contributed by atoms with E-state index in [0.717, 1.165) is 11.3 Å². The van der Waals surface area contributed by atoms with Crippen LogP contribution in [0.4, 0.5) is 0 Å². The summed E-state index contributed by atoms with van der Waals surface area (Å²) in [6.45, 7) is 0.170. The number of halogens is 1. The van der Waals surface area contributed by atoms with Crippen LogP contribution >= 0.6 is 11.6 Å². The second-order valence-corrected chi connectivity index (χ2v) is 4.89. The van der Waals surface area contributed by atoms with Gasteiger partial charge in [-0.05, 0) is 35.9 Å². The Morgan fingerprint density at radius 3 is 2.64 bits per heavy atom. The minimum atomic E-state index is -0.491. The Morgan fingerprint density at radius 2 is 1.95 bits per heavy atom. The predicted octanol–water partition coefficient (Wildman–Crippen LogP) is 3.28. The standard InChI is InChI=1S/C16H12ClN3O2/c17-15-14(3-1-8-18-15)16(21)22-11-12-4-6-13(7-5-12)20-10-2-9-19-20/h1-10H,11H2. The van der Waals surface area contributed by atoms with Gasteiger partial charge in [-0.15, -0.1) is 0 Å². The van der Waals surface area contributed by atoms with Crippen molar-refractivity contribution < 1.29 is 9.53 Å². The summed E-state index contributed by atoms with van der Waals surface area (Å²) in [4.78, 5) is 15.8. The van der Waals surface area contributed by atoms with Crippen LogP contribution in [0.5, 0.6) is 0 Å². The number of rotatable bonds is 4. The highest BCUT2D eigenvalue weighted by Crippen LogP contribution is 2.14. The molecule has 0 radical (unpaired) electrons. The molecule has 22 heavy (non-hydrogen) atoms. The largest absolute Gasteiger partial charge is 0.457 e. The number of nitrogens with zero attached hydrogens (tertiary/aromatic N) is 3. The van der Waals surface area contributed by atoms with Gasteiger partial charge < -0.3 is 4.74 Å². The molecule has 0 atom stereocenters. The van der Waals surface area contributed by atoms with Gasteiger partial charge in [0.05, 0.1) is 11.3 Å². The van der Waals surface area contributed by atoms with E-state index in [4.69, 9.17) is 16.3 Å². The van der Waals surface area contributed by atoms with Crippen molar-refractivity contribution in [2.75, 3.05) is 0 Å². The monoisotopic (exact) mass is 313 g/mol. The quantitative estimate of drug-likeness (QED) is 0.548. The maximum atomic E-state index is 11.9. The van der Waals surface area contributed by atoms with E-state index in [1.807, 2.05) is 36.5 Å². The molecule has 0 unspecified atom stereocenters. The van der Waals surface area contributed by atoms with E-state index in [1.54, 1.807) is 23.0 Å². The van der Waals surface area contributed by atoms with E-state index in [2.05, 4.69) is 10.1 Å². The topological polar surface area (TPSA) is 57.0 Å². The summed E-state index contributed by atoms with van der Waals surface area (Å²) in [7, 11) is 0. The average molecular weight is 314 g/mol. The van der Waals surface area contributed by atoms with E-state index in [9.17, 15) is 4.79 Å². The van der Waals surface area contributed by atoms with Crippen molar-refractivity contribution in [2.45, 2.75) is 6.61 Å². The van der Waals surface area contributed by atoms with Crippen LogP contribution in [0.3, 0.4) is 0 Å². The average Bonchev–Trinajstić information content (AvgIpc) is 3.08. The molecule has 3 rings (SSSR count). The number of benzene rings is 1. The van der Waals surface area contributed by atoms with Gasteiger partial charge in [0.1, 0.15) is 11.8 Å². The molecule has 0 saturated carbocycles. The second-order valence-electron chi connectivity index (χ2n) is 4.53. The zero-order valence-electron chi connectivity index (χ0n) is 11.5. The Balaban J connectivity index is 1.64. The number of hydrogen-bond donors (Lipinski definition) is 0. The Labute approximate surface area is 132 Å². The van der Waals surface area contributed by atoms with Gasteiger partial charge in [-0.2, -0.15) is 5.10 Å². The lowest BCUT2D eigenvalue weighted by molar-refractivity contribution is 0.0472. The molecule has 3 aromatic rings. The third kappa shape index (κ3) is 3.15. The van der Waals surface area contributed by atoms with Crippen molar-refractivity contribution in [2.24, 2.45) is 0 Å². The first-order chi connectivity index (χ1) is 10.7. The van der Waals surface area contributed by atoms with E-state index >= 15 is 0 Å². The molecule has 0 fully saturated rings. The van der Waals surface area contributed by atoms with Gasteiger partial charge in [0.25, 0.3) is 0 Å². The van der Waals surface area contributed by atoms with Crippen LogP contribution in [0.15, 0.2) is 61.1 Å². The molecule has 2 aromatic heterocycles. The molecule has 0 bridgehead atoms. The molecule has 110 valence electrons. The number of carbonyl (C=O) groups is 1. The third-order valence-corrected chi connectivity index (χ3v) is 3.36. The highest BCUT2D eigenvalue weighted by molar-refractivity contribution is 6.32. The first kappa shape index (κ1) is 14.3. The Morgan fingerprint density at radius 1 is 1.14 bits per heavy atom. The molecule has 0 spiro atoms. The number of ether oxygens (including phenoxy) is 1. The molecule has 0 amide bonds. The van der Waals surface area contributed by atoms with E-state index in [-0.39, 0.29) is 17.3 Å². The lowest BCUT2D eigenvalue weighted by Crippen LogP contribution is -2.06. The molecular formula is C16H12ClN3O2. The molecule has 6 heteroatoms. The van der Waals surface area contributed by atoms with Crippen molar-refractivity contribution in [1.82, 2.24) is 14.8 Å². The van der Waals surface area contributed by atoms with Crippen LogP contribution in [0, 0.1) is 0 Å². The van der Waals surface area contributed by atoms with Crippen molar-refractivity contribution in [3.05, 3.63) is 77.3 Å². The fourth-order valence-corrected chi connectivity index (χ4v) is 2.13. The van der Waals surface area contributed by atoms with Crippen molar-refractivity contribution in [3.8, 4) is 5.69 Å². The summed E-state index contributed by atoms with van der Waals surface area (Å²) < 4.78 is 6.99. The van der Waals surface area contributed by atoms with E-state index in [1.165, 1.54) is 6.20 Å². The van der Waals surface area contributed by atoms with Crippen molar-refractivity contribution >= 4 is 17.6 Å². The lowest BCUT2D eigenvalue weighted by Gasteiger charge is -2.07. The highest BCUT2D eigenvalue weighted by Gasteiger charge is 2.12. The van der Waals surface area contributed by atoms with Crippen LogP contribution in [0.2, 0.25) is 5.15 Å². The minimum Gasteiger partial charge on any atom is -0.457 e. The highest BCUT2D eigenvalue weighted by atomic mass is 35.5. The summed E-state index contributed by atoms with van der Waals surface area (Å²) in [5.74, 6) is -0.491. The summed E-state index contributed by atoms with van der Waals surface area (Å²) in [6.07, 6.45) is 5.10. The maximum absolute atomic E-state index is 11.9. The smallest absolute Gasteiger partial charge is 0.341 e. The van der Waals surface area contributed by atoms with Crippen molar-refractivity contribution in [1.29, 1.82) is 0 Å². The molecule has 0 N–H and O–H groups in total. The van der Waals surface area contributed by atoms with Crippen LogP contribution in [0.1, 0.15) is 15.9 Å².